The molecule has 1 aromatic carbocycles. The van der Waals surface area contributed by atoms with Crippen LogP contribution in [0.4, 0.5) is 0 Å². The number of nitrogens with one attached hydrogen (secondary N) is 1. The number of benzene rings is 1. The van der Waals surface area contributed by atoms with Crippen molar-refractivity contribution in [2.75, 3.05) is 27.9 Å². The molecule has 0 spiro atoms. The van der Waals surface area contributed by atoms with E-state index in [2.05, 4.69) is 4.72 Å². The highest BCUT2D eigenvalue weighted by atomic mass is 32.2. The van der Waals surface area contributed by atoms with E-state index in [-0.39, 0.29) is 13.2 Å². The van der Waals surface area contributed by atoms with Gasteiger partial charge in [0.25, 0.3) is 0 Å². The van der Waals surface area contributed by atoms with Crippen LogP contribution in [-0.4, -0.2) is 46.6 Å². The molecule has 1 aliphatic rings. The Morgan fingerprint density at radius 3 is 2.69 bits per heavy atom. The van der Waals surface area contributed by atoms with Gasteiger partial charge in [-0.2, -0.15) is 5.06 Å². The van der Waals surface area contributed by atoms with E-state index in [1.807, 2.05) is 6.07 Å². The molecule has 26 heavy (non-hydrogen) atoms. The highest BCUT2D eigenvalue weighted by molar-refractivity contribution is 7.90. The molecular formula is C17H22N2O6S. The summed E-state index contributed by atoms with van der Waals surface area (Å²) in [5, 5.41) is 0.720. The van der Waals surface area contributed by atoms with Crippen LogP contribution in [0.5, 0.6) is 11.5 Å². The summed E-state index contributed by atoms with van der Waals surface area (Å²) in [7, 11) is 1.08. The van der Waals surface area contributed by atoms with Crippen LogP contribution in [0.3, 0.4) is 0 Å². The number of nitrogens with zero attached hydrogens (tertiary/aromatic N) is 1. The van der Waals surface area contributed by atoms with Gasteiger partial charge in [-0.15, -0.1) is 0 Å². The van der Waals surface area contributed by atoms with Gasteiger partial charge < -0.3 is 13.9 Å². The number of rotatable bonds is 7. The molecule has 1 saturated heterocycles. The van der Waals surface area contributed by atoms with Crippen LogP contribution >= 0.6 is 0 Å². The molecule has 0 radical (unpaired) electrons. The lowest BCUT2D eigenvalue weighted by atomic mass is 10.0. The largest absolute Gasteiger partial charge is 0.493 e. The number of hydroxylamine groups is 2. The molecule has 2 aromatic rings. The molecule has 1 aromatic heterocycles. The Kier molecular flexibility index (Phi) is 5.52. The summed E-state index contributed by atoms with van der Waals surface area (Å²) in [5.74, 6) is 1.56. The van der Waals surface area contributed by atoms with Crippen molar-refractivity contribution in [3.63, 3.8) is 0 Å². The molecule has 9 heteroatoms. The topological polar surface area (TPSA) is 90.2 Å². The number of methoxy groups -OCH3 is 2. The summed E-state index contributed by atoms with van der Waals surface area (Å²) < 4.78 is 44.3. The van der Waals surface area contributed by atoms with Crippen molar-refractivity contribution in [1.82, 2.24) is 9.79 Å². The van der Waals surface area contributed by atoms with Crippen molar-refractivity contribution in [2.24, 2.45) is 0 Å². The number of hydrogen-bond acceptors (Lipinski definition) is 7. The Hall–Kier alpha value is -2.07. The summed E-state index contributed by atoms with van der Waals surface area (Å²) >= 11 is 0. The van der Waals surface area contributed by atoms with Crippen molar-refractivity contribution in [3.05, 3.63) is 47.9 Å². The summed E-state index contributed by atoms with van der Waals surface area (Å²) in [6.07, 6.45) is 1.50. The van der Waals surface area contributed by atoms with Gasteiger partial charge in [0.15, 0.2) is 11.5 Å². The van der Waals surface area contributed by atoms with Gasteiger partial charge in [-0.25, -0.2) is 13.1 Å². The van der Waals surface area contributed by atoms with E-state index in [9.17, 15) is 8.42 Å². The zero-order valence-electron chi connectivity index (χ0n) is 14.8. The van der Waals surface area contributed by atoms with E-state index in [4.69, 9.17) is 18.7 Å². The Labute approximate surface area is 152 Å². The predicted octanol–water partition coefficient (Wildman–Crippen LogP) is 1.70. The normalized spacial score (nSPS) is 21.0. The van der Waals surface area contributed by atoms with Gasteiger partial charge in [-0.1, -0.05) is 12.1 Å². The van der Waals surface area contributed by atoms with Crippen molar-refractivity contribution in [1.29, 1.82) is 0 Å². The van der Waals surface area contributed by atoms with Gasteiger partial charge in [0.2, 0.25) is 10.0 Å². The van der Waals surface area contributed by atoms with E-state index >= 15 is 0 Å². The quantitative estimate of drug-likeness (QED) is 0.779. The SMILES string of the molecule is COc1cccc(C2C(S(=O)(=O)NCc3ccco3)CON2C)c1OC. The molecule has 0 amide bonds. The Morgan fingerprint density at radius 2 is 2.04 bits per heavy atom. The molecule has 1 N–H and O–H groups in total. The van der Waals surface area contributed by atoms with E-state index in [1.165, 1.54) is 25.5 Å². The molecule has 2 atom stereocenters. The van der Waals surface area contributed by atoms with E-state index in [0.29, 0.717) is 22.8 Å². The fraction of sp³-hybridized carbons (Fsp3) is 0.412. The zero-order chi connectivity index (χ0) is 18.7. The number of para-hydroxylation sites is 1. The van der Waals surface area contributed by atoms with Gasteiger partial charge in [0, 0.05) is 12.6 Å². The molecule has 0 bridgehead atoms. The maximum Gasteiger partial charge on any atom is 0.219 e. The van der Waals surface area contributed by atoms with Crippen molar-refractivity contribution < 1.29 is 27.1 Å². The van der Waals surface area contributed by atoms with Gasteiger partial charge >= 0.3 is 0 Å². The van der Waals surface area contributed by atoms with Crippen molar-refractivity contribution in [3.8, 4) is 11.5 Å². The minimum atomic E-state index is -3.68. The molecule has 0 aliphatic carbocycles. The second kappa shape index (κ2) is 7.67. The first-order chi connectivity index (χ1) is 12.5. The average Bonchev–Trinajstić information content (AvgIpc) is 3.29. The number of furan rings is 1. The van der Waals surface area contributed by atoms with Crippen molar-refractivity contribution in [2.45, 2.75) is 17.8 Å². The molecule has 3 rings (SSSR count). The Morgan fingerprint density at radius 1 is 1.23 bits per heavy atom. The molecular weight excluding hydrogens is 360 g/mol. The Bertz CT molecular complexity index is 837. The van der Waals surface area contributed by atoms with E-state index < -0.39 is 21.3 Å². The Balaban J connectivity index is 1.90. The lowest BCUT2D eigenvalue weighted by molar-refractivity contribution is -0.110. The summed E-state index contributed by atoms with van der Waals surface area (Å²) in [6.45, 7) is 0.118. The van der Waals surface area contributed by atoms with Gasteiger partial charge in [-0.3, -0.25) is 4.84 Å². The molecule has 8 nitrogen and oxygen atoms in total. The highest BCUT2D eigenvalue weighted by Gasteiger charge is 2.44. The zero-order valence-corrected chi connectivity index (χ0v) is 15.7. The van der Waals surface area contributed by atoms with Crippen molar-refractivity contribution >= 4 is 10.0 Å². The second-order valence-electron chi connectivity index (χ2n) is 5.85. The minimum absolute atomic E-state index is 0.0367. The molecule has 1 fully saturated rings. The fourth-order valence-electron chi connectivity index (χ4n) is 3.09. The van der Waals surface area contributed by atoms with Gasteiger partial charge in [0.1, 0.15) is 11.0 Å². The summed E-state index contributed by atoms with van der Waals surface area (Å²) in [5.41, 5.74) is 0.681. The standard InChI is InChI=1S/C17H22N2O6S/c1-19-16(13-7-4-8-14(22-2)17(13)23-3)15(11-25-19)26(20,21)18-10-12-6-5-9-24-12/h4-9,15-16,18H,10-11H2,1-3H3. The first kappa shape index (κ1) is 18.7. The van der Waals surface area contributed by atoms with Gasteiger partial charge in [0.05, 0.1) is 39.7 Å². The minimum Gasteiger partial charge on any atom is -0.493 e. The third kappa shape index (κ3) is 3.56. The third-order valence-corrected chi connectivity index (χ3v) is 6.10. The fourth-order valence-corrected chi connectivity index (χ4v) is 4.54. The van der Waals surface area contributed by atoms with E-state index in [0.717, 1.165) is 0 Å². The first-order valence-corrected chi connectivity index (χ1v) is 9.60. The van der Waals surface area contributed by atoms with Gasteiger partial charge in [-0.05, 0) is 18.2 Å². The van der Waals surface area contributed by atoms with Crippen LogP contribution in [0.25, 0.3) is 0 Å². The van der Waals surface area contributed by atoms with Crippen LogP contribution < -0.4 is 14.2 Å². The van der Waals surface area contributed by atoms with Crippen LogP contribution in [0.15, 0.2) is 41.0 Å². The summed E-state index contributed by atoms with van der Waals surface area (Å²) in [4.78, 5) is 5.52. The summed E-state index contributed by atoms with van der Waals surface area (Å²) in [6, 6.07) is 8.24. The van der Waals surface area contributed by atoms with E-state index in [1.54, 1.807) is 31.3 Å². The maximum atomic E-state index is 12.9. The smallest absolute Gasteiger partial charge is 0.219 e. The molecule has 142 valence electrons. The predicted molar refractivity (Wildman–Crippen MR) is 94.3 cm³/mol. The number of ether oxygens (including phenoxy) is 2. The molecule has 2 heterocycles. The first-order valence-electron chi connectivity index (χ1n) is 8.05. The lowest BCUT2D eigenvalue weighted by Crippen LogP contribution is -2.39. The van der Waals surface area contributed by atoms with Crippen LogP contribution in [-0.2, 0) is 21.4 Å². The van der Waals surface area contributed by atoms with Crippen LogP contribution in [0.2, 0.25) is 0 Å². The average molecular weight is 382 g/mol. The molecule has 2 unspecified atom stereocenters. The number of hydrogen-bond donors (Lipinski definition) is 1. The molecule has 0 saturated carbocycles. The third-order valence-electron chi connectivity index (χ3n) is 4.36. The second-order valence-corrected chi connectivity index (χ2v) is 7.84. The lowest BCUT2D eigenvalue weighted by Gasteiger charge is -2.25. The van der Waals surface area contributed by atoms with Crippen LogP contribution in [0.1, 0.15) is 17.4 Å². The number of sulfonamides is 1. The van der Waals surface area contributed by atoms with Crippen LogP contribution in [0, 0.1) is 0 Å². The monoisotopic (exact) mass is 382 g/mol. The highest BCUT2D eigenvalue weighted by Crippen LogP contribution is 2.42. The molecule has 1 aliphatic heterocycles. The maximum absolute atomic E-state index is 12.9.